The van der Waals surface area contributed by atoms with Crippen molar-refractivity contribution >= 4 is 17.9 Å². The Morgan fingerprint density at radius 3 is 0.812 bits per heavy atom. The normalized spacial score (nSPS) is 12.7. The Kier molecular flexibility index (Phi) is 64.7. The zero-order valence-electron chi connectivity index (χ0n) is 52.8. The van der Waals surface area contributed by atoms with Crippen LogP contribution in [0.25, 0.3) is 0 Å². The molecule has 0 bridgehead atoms. The number of esters is 3. The Labute approximate surface area is 496 Å². The first-order chi connectivity index (χ1) is 39.5. The highest BCUT2D eigenvalue weighted by Crippen LogP contribution is 2.17. The van der Waals surface area contributed by atoms with E-state index < -0.39 is 6.10 Å². The zero-order chi connectivity index (χ0) is 57.8. The van der Waals surface area contributed by atoms with E-state index in [9.17, 15) is 14.4 Å². The minimum absolute atomic E-state index is 0.0770. The third kappa shape index (κ3) is 65.1. The van der Waals surface area contributed by atoms with Gasteiger partial charge >= 0.3 is 17.9 Å². The van der Waals surface area contributed by atoms with Crippen LogP contribution >= 0.6 is 0 Å². The number of carbonyl (C=O) groups excluding carboxylic acids is 3. The van der Waals surface area contributed by atoms with E-state index in [1.54, 1.807) is 0 Å². The van der Waals surface area contributed by atoms with Gasteiger partial charge in [0.1, 0.15) is 13.2 Å². The molecule has 0 aliphatic rings. The first kappa shape index (κ1) is 76.3. The highest BCUT2D eigenvalue weighted by molar-refractivity contribution is 5.71. The summed E-state index contributed by atoms with van der Waals surface area (Å²) >= 11 is 0. The Balaban J connectivity index is 4.12. The fourth-order valence-electron chi connectivity index (χ4n) is 9.72. The molecule has 0 rings (SSSR count). The van der Waals surface area contributed by atoms with Gasteiger partial charge in [0.25, 0.3) is 0 Å². The van der Waals surface area contributed by atoms with Crippen LogP contribution in [0, 0.1) is 0 Å². The summed E-state index contributed by atoms with van der Waals surface area (Å²) in [6, 6.07) is 0. The molecule has 460 valence electrons. The maximum atomic E-state index is 12.9. The SMILES string of the molecule is CC/C=C\C/C=C\C/C=C\C/C=C\C/C=C\C/C=C\CCCCCCCCCCCCCCCCCCC(=O)OCC(COC(=O)CCCCCCC/C=C\C/C=C\CCC)OC(=O)CCCCCCCCCCCCCCCC. The van der Waals surface area contributed by atoms with Gasteiger partial charge in [0.2, 0.25) is 0 Å². The van der Waals surface area contributed by atoms with E-state index >= 15 is 0 Å². The number of rotatable bonds is 62. The Morgan fingerprint density at radius 1 is 0.263 bits per heavy atom. The van der Waals surface area contributed by atoms with Crippen LogP contribution in [0.1, 0.15) is 335 Å². The van der Waals surface area contributed by atoms with Crippen molar-refractivity contribution in [1.29, 1.82) is 0 Å². The summed E-state index contributed by atoms with van der Waals surface area (Å²) in [5.41, 5.74) is 0. The lowest BCUT2D eigenvalue weighted by molar-refractivity contribution is -0.167. The molecule has 0 aliphatic heterocycles. The van der Waals surface area contributed by atoms with Gasteiger partial charge in [0.15, 0.2) is 6.10 Å². The molecule has 0 aromatic rings. The standard InChI is InChI=1S/C74H128O6/c1-4-7-10-13-16-19-22-25-27-28-29-30-31-32-33-34-35-36-37-38-39-40-41-42-43-44-45-46-47-50-52-55-58-61-64-67-73(76)79-70-71(69-78-72(75)66-63-60-57-54-51-48-24-21-18-15-12-9-6-3)80-74(77)68-65-62-59-56-53-49-26-23-20-17-14-11-8-5-2/h7,10,12,15-16,19,21,24-25,27,29-30,32-33,35-36,71H,4-6,8-9,11,13-14,17-18,20,22-23,26,28,31,34,37-70H2,1-3H3/b10-7-,15-12-,19-16-,24-21-,27-25-,30-29-,33-32-,36-35-. The van der Waals surface area contributed by atoms with Crippen LogP contribution < -0.4 is 0 Å². The molecule has 6 nitrogen and oxygen atoms in total. The Morgan fingerprint density at radius 2 is 0.512 bits per heavy atom. The maximum absolute atomic E-state index is 12.9. The molecule has 80 heavy (non-hydrogen) atoms. The number of ether oxygens (including phenoxy) is 3. The first-order valence-electron chi connectivity index (χ1n) is 34.2. The molecule has 0 saturated heterocycles. The number of allylic oxidation sites excluding steroid dienone is 16. The quantitative estimate of drug-likeness (QED) is 0.0261. The molecular formula is C74H128O6. The molecule has 1 atom stereocenters. The second kappa shape index (κ2) is 67.8. The minimum Gasteiger partial charge on any atom is -0.462 e. The zero-order valence-corrected chi connectivity index (χ0v) is 52.8. The van der Waals surface area contributed by atoms with Gasteiger partial charge in [-0.25, -0.2) is 0 Å². The Bertz CT molecular complexity index is 1560. The molecule has 0 aromatic heterocycles. The van der Waals surface area contributed by atoms with Crippen molar-refractivity contribution < 1.29 is 28.6 Å². The van der Waals surface area contributed by atoms with Crippen molar-refractivity contribution in [2.24, 2.45) is 0 Å². The molecule has 0 heterocycles. The smallest absolute Gasteiger partial charge is 0.306 e. The van der Waals surface area contributed by atoms with E-state index in [4.69, 9.17) is 14.2 Å². The van der Waals surface area contributed by atoms with E-state index in [1.165, 1.54) is 173 Å². The molecule has 0 spiro atoms. The maximum Gasteiger partial charge on any atom is 0.306 e. The van der Waals surface area contributed by atoms with E-state index in [0.717, 1.165) is 122 Å². The van der Waals surface area contributed by atoms with Gasteiger partial charge in [0, 0.05) is 19.3 Å². The van der Waals surface area contributed by atoms with E-state index in [0.29, 0.717) is 19.3 Å². The summed E-state index contributed by atoms with van der Waals surface area (Å²) in [5.74, 6) is -0.876. The number of hydrogen-bond donors (Lipinski definition) is 0. The summed E-state index contributed by atoms with van der Waals surface area (Å²) in [7, 11) is 0. The molecule has 1 unspecified atom stereocenters. The van der Waals surface area contributed by atoms with E-state index in [-0.39, 0.29) is 31.1 Å². The summed E-state index contributed by atoms with van der Waals surface area (Å²) in [5, 5.41) is 0. The largest absolute Gasteiger partial charge is 0.462 e. The van der Waals surface area contributed by atoms with Crippen molar-refractivity contribution in [3.8, 4) is 0 Å². The molecular weight excluding hydrogens is 985 g/mol. The van der Waals surface area contributed by atoms with Gasteiger partial charge in [-0.1, -0.05) is 317 Å². The van der Waals surface area contributed by atoms with Crippen LogP contribution in [0.4, 0.5) is 0 Å². The van der Waals surface area contributed by atoms with E-state index in [2.05, 4.69) is 118 Å². The van der Waals surface area contributed by atoms with Crippen LogP contribution in [0.5, 0.6) is 0 Å². The van der Waals surface area contributed by atoms with Crippen molar-refractivity contribution in [2.45, 2.75) is 341 Å². The van der Waals surface area contributed by atoms with Gasteiger partial charge in [-0.15, -0.1) is 0 Å². The molecule has 0 amide bonds. The lowest BCUT2D eigenvalue weighted by Gasteiger charge is -2.18. The van der Waals surface area contributed by atoms with E-state index in [1.807, 2.05) is 0 Å². The van der Waals surface area contributed by atoms with Crippen LogP contribution in [-0.4, -0.2) is 37.2 Å². The Hall–Kier alpha value is -3.67. The van der Waals surface area contributed by atoms with Gasteiger partial charge in [-0.05, 0) is 96.3 Å². The fraction of sp³-hybridized carbons (Fsp3) is 0.743. The van der Waals surface area contributed by atoms with Crippen LogP contribution in [-0.2, 0) is 28.6 Å². The van der Waals surface area contributed by atoms with Crippen molar-refractivity contribution in [1.82, 2.24) is 0 Å². The number of carbonyl (C=O) groups is 3. The number of hydrogen-bond acceptors (Lipinski definition) is 6. The van der Waals surface area contributed by atoms with Crippen LogP contribution in [0.15, 0.2) is 97.2 Å². The van der Waals surface area contributed by atoms with Crippen LogP contribution in [0.2, 0.25) is 0 Å². The molecule has 0 saturated carbocycles. The average Bonchev–Trinajstić information content (AvgIpc) is 3.46. The lowest BCUT2D eigenvalue weighted by Crippen LogP contribution is -2.30. The van der Waals surface area contributed by atoms with Gasteiger partial charge in [0.05, 0.1) is 0 Å². The molecule has 0 aromatic carbocycles. The van der Waals surface area contributed by atoms with Crippen molar-refractivity contribution in [3.63, 3.8) is 0 Å². The highest BCUT2D eigenvalue weighted by atomic mass is 16.6. The second-order valence-corrected chi connectivity index (χ2v) is 22.7. The second-order valence-electron chi connectivity index (χ2n) is 22.7. The number of unbranched alkanes of at least 4 members (excludes halogenated alkanes) is 35. The predicted octanol–water partition coefficient (Wildman–Crippen LogP) is 23.6. The first-order valence-corrected chi connectivity index (χ1v) is 34.2. The third-order valence-corrected chi connectivity index (χ3v) is 14.8. The topological polar surface area (TPSA) is 78.9 Å². The predicted molar refractivity (Wildman–Crippen MR) is 348 cm³/mol. The highest BCUT2D eigenvalue weighted by Gasteiger charge is 2.19. The molecule has 0 aliphatic carbocycles. The van der Waals surface area contributed by atoms with Gasteiger partial charge in [-0.2, -0.15) is 0 Å². The molecule has 0 radical (unpaired) electrons. The summed E-state index contributed by atoms with van der Waals surface area (Å²) in [4.78, 5) is 38.3. The molecule has 0 N–H and O–H groups in total. The van der Waals surface area contributed by atoms with Crippen molar-refractivity contribution in [2.75, 3.05) is 13.2 Å². The fourth-order valence-corrected chi connectivity index (χ4v) is 9.72. The lowest BCUT2D eigenvalue weighted by atomic mass is 10.0. The molecule has 0 fully saturated rings. The molecule has 6 heteroatoms. The van der Waals surface area contributed by atoms with Crippen LogP contribution in [0.3, 0.4) is 0 Å². The summed E-state index contributed by atoms with van der Waals surface area (Å²) in [6.45, 7) is 6.48. The van der Waals surface area contributed by atoms with Gasteiger partial charge in [-0.3, -0.25) is 14.4 Å². The summed E-state index contributed by atoms with van der Waals surface area (Å²) < 4.78 is 16.9. The third-order valence-electron chi connectivity index (χ3n) is 14.8. The van der Waals surface area contributed by atoms with Gasteiger partial charge < -0.3 is 14.2 Å². The monoisotopic (exact) mass is 1110 g/mol. The summed E-state index contributed by atoms with van der Waals surface area (Å²) in [6.07, 6.45) is 91.5. The van der Waals surface area contributed by atoms with Crippen molar-refractivity contribution in [3.05, 3.63) is 97.2 Å². The minimum atomic E-state index is -0.780. The average molecular weight is 1110 g/mol.